The summed E-state index contributed by atoms with van der Waals surface area (Å²) in [5, 5.41) is 10.5. The number of carbonyl (C=O) groups excluding carboxylic acids is 1. The molecule has 20 heavy (non-hydrogen) atoms. The van der Waals surface area contributed by atoms with Gasteiger partial charge in [-0.3, -0.25) is 4.79 Å². The smallest absolute Gasteiger partial charge is 0.159 e. The molecule has 3 heteroatoms. The van der Waals surface area contributed by atoms with Gasteiger partial charge < -0.3 is 5.11 Å². The summed E-state index contributed by atoms with van der Waals surface area (Å²) in [6, 6.07) is 17.1. The van der Waals surface area contributed by atoms with Gasteiger partial charge >= 0.3 is 0 Å². The van der Waals surface area contributed by atoms with Crippen LogP contribution in [0.4, 0.5) is 0 Å². The lowest BCUT2D eigenvalue weighted by Crippen LogP contribution is -2.24. The first-order valence-corrected chi connectivity index (χ1v) is 7.49. The Kier molecular flexibility index (Phi) is 4.63. The van der Waals surface area contributed by atoms with E-state index in [-0.39, 0.29) is 5.78 Å². The van der Waals surface area contributed by atoms with Crippen molar-refractivity contribution >= 4 is 17.5 Å². The summed E-state index contributed by atoms with van der Waals surface area (Å²) in [4.78, 5) is 12.3. The number of aliphatic hydroxyl groups is 1. The maximum absolute atomic E-state index is 11.2. The van der Waals surface area contributed by atoms with E-state index in [1.54, 1.807) is 18.7 Å². The number of carbonyl (C=O) groups is 1. The third-order valence-electron chi connectivity index (χ3n) is 3.18. The number of hydrogen-bond donors (Lipinski definition) is 1. The van der Waals surface area contributed by atoms with Crippen molar-refractivity contribution < 1.29 is 9.90 Å². The standard InChI is InChI=1S/C17H18O2S/c1-13(18)14-8-10-16(11-9-14)20-12-17(2,19)15-6-4-3-5-7-15/h3-11,19H,12H2,1-2H3. The molecule has 2 aromatic rings. The first kappa shape index (κ1) is 14.8. The highest BCUT2D eigenvalue weighted by atomic mass is 32.2. The van der Waals surface area contributed by atoms with Crippen molar-refractivity contribution in [2.45, 2.75) is 24.3 Å². The van der Waals surface area contributed by atoms with Crippen molar-refractivity contribution in [2.24, 2.45) is 0 Å². The van der Waals surface area contributed by atoms with Crippen molar-refractivity contribution in [3.8, 4) is 0 Å². The molecule has 0 heterocycles. The molecule has 2 aromatic carbocycles. The Morgan fingerprint density at radius 2 is 1.70 bits per heavy atom. The van der Waals surface area contributed by atoms with Gasteiger partial charge in [0.15, 0.2) is 5.78 Å². The average molecular weight is 286 g/mol. The summed E-state index contributed by atoms with van der Waals surface area (Å²) < 4.78 is 0. The Bertz CT molecular complexity index is 574. The molecule has 1 N–H and O–H groups in total. The van der Waals surface area contributed by atoms with E-state index in [1.165, 1.54) is 0 Å². The molecule has 0 spiro atoms. The van der Waals surface area contributed by atoms with Gasteiger partial charge in [0.25, 0.3) is 0 Å². The molecule has 0 bridgehead atoms. The maximum atomic E-state index is 11.2. The third kappa shape index (κ3) is 3.71. The monoisotopic (exact) mass is 286 g/mol. The van der Waals surface area contributed by atoms with Crippen molar-refractivity contribution in [3.05, 3.63) is 65.7 Å². The van der Waals surface area contributed by atoms with Crippen LogP contribution >= 0.6 is 11.8 Å². The third-order valence-corrected chi connectivity index (χ3v) is 4.49. The molecule has 0 amide bonds. The largest absolute Gasteiger partial charge is 0.385 e. The summed E-state index contributed by atoms with van der Waals surface area (Å²) >= 11 is 1.58. The molecule has 1 atom stereocenters. The van der Waals surface area contributed by atoms with E-state index in [0.717, 1.165) is 10.5 Å². The van der Waals surface area contributed by atoms with Gasteiger partial charge in [0, 0.05) is 16.2 Å². The molecule has 0 aliphatic carbocycles. The summed E-state index contributed by atoms with van der Waals surface area (Å²) in [6.07, 6.45) is 0. The molecule has 0 aromatic heterocycles. The molecule has 0 aliphatic rings. The molecular formula is C17H18O2S. The fourth-order valence-electron chi connectivity index (χ4n) is 1.89. The Balaban J connectivity index is 2.03. The van der Waals surface area contributed by atoms with E-state index < -0.39 is 5.60 Å². The van der Waals surface area contributed by atoms with Crippen molar-refractivity contribution in [2.75, 3.05) is 5.75 Å². The Hall–Kier alpha value is -1.58. The van der Waals surface area contributed by atoms with E-state index in [4.69, 9.17) is 0 Å². The summed E-state index contributed by atoms with van der Waals surface area (Å²) in [5.74, 6) is 0.633. The van der Waals surface area contributed by atoms with Crippen LogP contribution in [0.25, 0.3) is 0 Å². The normalized spacial score (nSPS) is 13.8. The lowest BCUT2D eigenvalue weighted by molar-refractivity contribution is 0.0839. The van der Waals surface area contributed by atoms with Crippen molar-refractivity contribution in [1.29, 1.82) is 0 Å². The van der Waals surface area contributed by atoms with Crippen LogP contribution in [0.15, 0.2) is 59.5 Å². The van der Waals surface area contributed by atoms with Gasteiger partial charge in [-0.2, -0.15) is 0 Å². The average Bonchev–Trinajstić information content (AvgIpc) is 2.46. The minimum atomic E-state index is -0.870. The predicted molar refractivity (Wildman–Crippen MR) is 83.2 cm³/mol. The highest BCUT2D eigenvalue weighted by molar-refractivity contribution is 7.99. The van der Waals surface area contributed by atoms with E-state index in [1.807, 2.05) is 61.5 Å². The number of benzene rings is 2. The van der Waals surface area contributed by atoms with Crippen LogP contribution in [-0.4, -0.2) is 16.6 Å². The summed E-state index contributed by atoms with van der Waals surface area (Å²) in [5.41, 5.74) is 0.752. The highest BCUT2D eigenvalue weighted by Gasteiger charge is 2.22. The second-order valence-electron chi connectivity index (χ2n) is 5.01. The zero-order chi connectivity index (χ0) is 14.6. The Morgan fingerprint density at radius 1 is 1.10 bits per heavy atom. The lowest BCUT2D eigenvalue weighted by Gasteiger charge is -2.23. The molecular weight excluding hydrogens is 268 g/mol. The van der Waals surface area contributed by atoms with Crippen molar-refractivity contribution in [1.82, 2.24) is 0 Å². The number of thioether (sulfide) groups is 1. The van der Waals surface area contributed by atoms with Crippen LogP contribution in [0.3, 0.4) is 0 Å². The van der Waals surface area contributed by atoms with Gasteiger partial charge in [-0.1, -0.05) is 42.5 Å². The topological polar surface area (TPSA) is 37.3 Å². The lowest BCUT2D eigenvalue weighted by atomic mass is 9.99. The minimum absolute atomic E-state index is 0.0674. The molecule has 0 aliphatic heterocycles. The maximum Gasteiger partial charge on any atom is 0.159 e. The zero-order valence-electron chi connectivity index (χ0n) is 11.7. The quantitative estimate of drug-likeness (QED) is 0.669. The number of Topliss-reactive ketones (excluding diaryl/α,β-unsaturated/α-hetero) is 1. The molecule has 104 valence electrons. The van der Waals surface area contributed by atoms with Gasteiger partial charge in [-0.25, -0.2) is 0 Å². The van der Waals surface area contributed by atoms with E-state index >= 15 is 0 Å². The summed E-state index contributed by atoms with van der Waals surface area (Å²) in [7, 11) is 0. The SMILES string of the molecule is CC(=O)c1ccc(SCC(C)(O)c2ccccc2)cc1. The predicted octanol–water partition coefficient (Wildman–Crippen LogP) is 3.89. The highest BCUT2D eigenvalue weighted by Crippen LogP contribution is 2.29. The second kappa shape index (κ2) is 6.25. The first-order valence-electron chi connectivity index (χ1n) is 6.51. The molecule has 0 saturated carbocycles. The van der Waals surface area contributed by atoms with Gasteiger partial charge in [-0.05, 0) is 31.5 Å². The Morgan fingerprint density at radius 3 is 2.25 bits per heavy atom. The molecule has 1 unspecified atom stereocenters. The molecule has 0 fully saturated rings. The van der Waals surface area contributed by atoms with Gasteiger partial charge in [0.1, 0.15) is 0 Å². The van der Waals surface area contributed by atoms with E-state index in [0.29, 0.717) is 11.3 Å². The van der Waals surface area contributed by atoms with Crippen LogP contribution in [0, 0.1) is 0 Å². The number of rotatable bonds is 5. The second-order valence-corrected chi connectivity index (χ2v) is 6.06. The molecule has 0 saturated heterocycles. The van der Waals surface area contributed by atoms with Crippen LogP contribution in [0.2, 0.25) is 0 Å². The van der Waals surface area contributed by atoms with Gasteiger partial charge in [0.2, 0.25) is 0 Å². The van der Waals surface area contributed by atoms with E-state index in [2.05, 4.69) is 0 Å². The number of ketones is 1. The van der Waals surface area contributed by atoms with Crippen LogP contribution in [-0.2, 0) is 5.60 Å². The van der Waals surface area contributed by atoms with Gasteiger partial charge in [-0.15, -0.1) is 11.8 Å². The molecule has 2 rings (SSSR count). The van der Waals surface area contributed by atoms with Crippen LogP contribution in [0.5, 0.6) is 0 Å². The van der Waals surface area contributed by atoms with Gasteiger partial charge in [0.05, 0.1) is 5.60 Å². The molecule has 2 nitrogen and oxygen atoms in total. The fourth-order valence-corrected chi connectivity index (χ4v) is 2.83. The summed E-state index contributed by atoms with van der Waals surface area (Å²) in [6.45, 7) is 3.38. The van der Waals surface area contributed by atoms with Crippen LogP contribution in [0.1, 0.15) is 29.8 Å². The zero-order valence-corrected chi connectivity index (χ0v) is 12.5. The van der Waals surface area contributed by atoms with E-state index in [9.17, 15) is 9.90 Å². The van der Waals surface area contributed by atoms with Crippen molar-refractivity contribution in [3.63, 3.8) is 0 Å². The molecule has 0 radical (unpaired) electrons. The first-order chi connectivity index (χ1) is 9.49. The fraction of sp³-hybridized carbons (Fsp3) is 0.235. The minimum Gasteiger partial charge on any atom is -0.385 e. The number of hydrogen-bond acceptors (Lipinski definition) is 3. The Labute approximate surface area is 123 Å². The van der Waals surface area contributed by atoms with Crippen LogP contribution < -0.4 is 0 Å².